The minimum absolute atomic E-state index is 0.151. The molecule has 4 rings (SSSR count). The fourth-order valence-electron chi connectivity index (χ4n) is 5.18. The molecule has 41 heavy (non-hydrogen) atoms. The number of hydrogen-bond donors (Lipinski definition) is 3. The van der Waals surface area contributed by atoms with E-state index in [-0.39, 0.29) is 29.2 Å². The Balaban J connectivity index is 1.74. The first kappa shape index (κ1) is 30.1. The summed E-state index contributed by atoms with van der Waals surface area (Å²) in [7, 11) is 1.47. The summed E-state index contributed by atoms with van der Waals surface area (Å²) in [6.07, 6.45) is -4.66. The zero-order valence-corrected chi connectivity index (χ0v) is 22.8. The molecule has 3 heterocycles. The second-order valence-corrected chi connectivity index (χ2v) is 10.0. The van der Waals surface area contributed by atoms with Crippen LogP contribution in [-0.4, -0.2) is 74.6 Å². The van der Waals surface area contributed by atoms with E-state index in [1.165, 1.54) is 21.1 Å². The molecule has 1 atom stereocenters. The van der Waals surface area contributed by atoms with Crippen LogP contribution in [0.5, 0.6) is 5.75 Å². The van der Waals surface area contributed by atoms with Gasteiger partial charge in [0, 0.05) is 31.9 Å². The molecule has 1 saturated heterocycles. The molecule has 222 valence electrons. The number of ether oxygens (including phenoxy) is 1. The largest absolute Gasteiger partial charge is 0.481 e. The highest BCUT2D eigenvalue weighted by atomic mass is 19.4. The highest BCUT2D eigenvalue weighted by molar-refractivity contribution is 6.04. The number of benzene rings is 1. The molecule has 0 radical (unpaired) electrons. The van der Waals surface area contributed by atoms with Crippen LogP contribution in [0.1, 0.15) is 47.6 Å². The van der Waals surface area contributed by atoms with E-state index < -0.39 is 48.6 Å². The van der Waals surface area contributed by atoms with Crippen molar-refractivity contribution in [2.24, 2.45) is 7.05 Å². The Morgan fingerprint density at radius 1 is 1.17 bits per heavy atom. The number of aliphatic hydroxyl groups is 2. The summed E-state index contributed by atoms with van der Waals surface area (Å²) in [6, 6.07) is 9.90. The van der Waals surface area contributed by atoms with E-state index in [0.29, 0.717) is 43.6 Å². The molecule has 2 aromatic heterocycles. The summed E-state index contributed by atoms with van der Waals surface area (Å²) in [5.41, 5.74) is 0.391. The number of piperidine rings is 1. The summed E-state index contributed by atoms with van der Waals surface area (Å²) < 4.78 is 47.5. The van der Waals surface area contributed by atoms with E-state index in [1.54, 1.807) is 43.3 Å². The van der Waals surface area contributed by atoms with Crippen LogP contribution in [0.2, 0.25) is 0 Å². The molecule has 3 N–H and O–H groups in total. The van der Waals surface area contributed by atoms with Gasteiger partial charge in [-0.3, -0.25) is 14.4 Å². The van der Waals surface area contributed by atoms with Gasteiger partial charge in [0.25, 0.3) is 11.5 Å². The third-order valence-corrected chi connectivity index (χ3v) is 7.32. The number of alkyl halides is 3. The number of halogens is 3. The molecular formula is C28H33F3N4O6. The Kier molecular flexibility index (Phi) is 9.08. The van der Waals surface area contributed by atoms with Crippen LogP contribution in [0.3, 0.4) is 0 Å². The molecule has 0 aliphatic carbocycles. The molecule has 2 amide bonds. The van der Waals surface area contributed by atoms with E-state index in [9.17, 15) is 32.7 Å². The Labute approximate surface area is 233 Å². The average Bonchev–Trinajstić information content (AvgIpc) is 3.24. The first-order valence-electron chi connectivity index (χ1n) is 13.3. The normalized spacial score (nSPS) is 15.2. The van der Waals surface area contributed by atoms with E-state index in [2.05, 4.69) is 5.32 Å². The quantitative estimate of drug-likeness (QED) is 0.358. The third-order valence-electron chi connectivity index (χ3n) is 7.32. The molecule has 13 heteroatoms. The first-order chi connectivity index (χ1) is 19.4. The number of amides is 2. The first-order valence-corrected chi connectivity index (χ1v) is 13.3. The van der Waals surface area contributed by atoms with Crippen molar-refractivity contribution < 1.29 is 37.7 Å². The van der Waals surface area contributed by atoms with Gasteiger partial charge in [-0.15, -0.1) is 0 Å². The summed E-state index contributed by atoms with van der Waals surface area (Å²) in [6.45, 7) is -0.0850. The van der Waals surface area contributed by atoms with Crippen molar-refractivity contribution in [3.05, 3.63) is 63.7 Å². The predicted molar refractivity (Wildman–Crippen MR) is 144 cm³/mol. The number of pyridine rings is 1. The van der Waals surface area contributed by atoms with E-state index in [1.807, 2.05) is 0 Å². The highest BCUT2D eigenvalue weighted by Gasteiger charge is 2.34. The Morgan fingerprint density at radius 3 is 2.41 bits per heavy atom. The molecule has 0 saturated carbocycles. The van der Waals surface area contributed by atoms with Gasteiger partial charge >= 0.3 is 6.18 Å². The standard InChI is InChI=1S/C28H33F3N4O6/c1-3-19-13-20-23(27(40)35(19)14-21(37)17-7-5-4-6-8-17)25(41-16-28(29,30)31)24(33(20)2)26(39)32-18-9-11-34(12-10-18)22(38)15-36/h4-8,13,18,21,36-37H,3,9-12,14-16H2,1-2H3,(H,32,39). The molecule has 10 nitrogen and oxygen atoms in total. The van der Waals surface area contributed by atoms with Crippen LogP contribution in [-0.2, 0) is 24.8 Å². The molecule has 1 aromatic carbocycles. The Morgan fingerprint density at radius 2 is 1.83 bits per heavy atom. The van der Waals surface area contributed by atoms with Crippen LogP contribution < -0.4 is 15.6 Å². The number of nitrogens with one attached hydrogen (secondary N) is 1. The molecule has 1 unspecified atom stereocenters. The lowest BCUT2D eigenvalue weighted by molar-refractivity contribution is -0.153. The Hall–Kier alpha value is -3.84. The van der Waals surface area contributed by atoms with Gasteiger partial charge in [0.15, 0.2) is 18.1 Å². The van der Waals surface area contributed by atoms with Gasteiger partial charge in [-0.25, -0.2) is 0 Å². The number of hydrogen-bond acceptors (Lipinski definition) is 6. The SMILES string of the molecule is CCc1cc2c(c(OCC(F)(F)F)c(C(=O)NC3CCN(C(=O)CO)CC3)n2C)c(=O)n1CC(O)c1ccccc1. The zero-order chi connectivity index (χ0) is 29.9. The molecule has 1 aliphatic heterocycles. The second-order valence-electron chi connectivity index (χ2n) is 10.0. The van der Waals surface area contributed by atoms with Crippen molar-refractivity contribution in [2.75, 3.05) is 26.3 Å². The maximum atomic E-state index is 13.8. The minimum Gasteiger partial charge on any atom is -0.481 e. The fourth-order valence-corrected chi connectivity index (χ4v) is 5.18. The molecular weight excluding hydrogens is 545 g/mol. The van der Waals surface area contributed by atoms with Crippen LogP contribution in [0.15, 0.2) is 41.2 Å². The van der Waals surface area contributed by atoms with Crippen molar-refractivity contribution in [3.63, 3.8) is 0 Å². The van der Waals surface area contributed by atoms with E-state index >= 15 is 0 Å². The third kappa shape index (κ3) is 6.57. The lowest BCUT2D eigenvalue weighted by Crippen LogP contribution is -2.47. The van der Waals surface area contributed by atoms with Crippen molar-refractivity contribution >= 4 is 22.7 Å². The van der Waals surface area contributed by atoms with Gasteiger partial charge in [0.2, 0.25) is 5.91 Å². The topological polar surface area (TPSA) is 126 Å². The van der Waals surface area contributed by atoms with Gasteiger partial charge in [-0.2, -0.15) is 13.2 Å². The number of likely N-dealkylation sites (tertiary alicyclic amines) is 1. The predicted octanol–water partition coefficient (Wildman–Crippen LogP) is 2.29. The van der Waals surface area contributed by atoms with Gasteiger partial charge in [0.05, 0.1) is 18.2 Å². The number of fused-ring (bicyclic) bond motifs is 1. The summed E-state index contributed by atoms with van der Waals surface area (Å²) >= 11 is 0. The van der Waals surface area contributed by atoms with Crippen molar-refractivity contribution in [3.8, 4) is 5.75 Å². The van der Waals surface area contributed by atoms with Crippen LogP contribution in [0.25, 0.3) is 10.9 Å². The number of aliphatic hydroxyl groups excluding tert-OH is 2. The maximum absolute atomic E-state index is 13.8. The average molecular weight is 579 g/mol. The number of carbonyl (C=O) groups is 2. The van der Waals surface area contributed by atoms with Gasteiger partial charge in [-0.1, -0.05) is 37.3 Å². The van der Waals surface area contributed by atoms with Gasteiger partial charge in [0.1, 0.15) is 12.0 Å². The van der Waals surface area contributed by atoms with Gasteiger partial charge in [-0.05, 0) is 30.9 Å². The maximum Gasteiger partial charge on any atom is 0.422 e. The second kappa shape index (κ2) is 12.4. The van der Waals surface area contributed by atoms with Crippen molar-refractivity contribution in [1.82, 2.24) is 19.4 Å². The molecule has 0 spiro atoms. The molecule has 1 aliphatic rings. The number of aryl methyl sites for hydroxylation is 2. The summed E-state index contributed by atoms with van der Waals surface area (Å²) in [4.78, 5) is 40.5. The van der Waals surface area contributed by atoms with Crippen LogP contribution in [0, 0.1) is 0 Å². The number of rotatable bonds is 9. The summed E-state index contributed by atoms with van der Waals surface area (Å²) in [5.74, 6) is -1.63. The van der Waals surface area contributed by atoms with Crippen molar-refractivity contribution in [1.29, 1.82) is 0 Å². The monoisotopic (exact) mass is 578 g/mol. The van der Waals surface area contributed by atoms with Crippen LogP contribution in [0.4, 0.5) is 13.2 Å². The number of carbonyl (C=O) groups excluding carboxylic acids is 2. The lowest BCUT2D eigenvalue weighted by atomic mass is 10.0. The minimum atomic E-state index is -4.73. The number of aromatic nitrogens is 2. The molecule has 0 bridgehead atoms. The Bertz CT molecular complexity index is 1460. The van der Waals surface area contributed by atoms with Crippen LogP contribution >= 0.6 is 0 Å². The molecule has 1 fully saturated rings. The van der Waals surface area contributed by atoms with Gasteiger partial charge < -0.3 is 34.3 Å². The molecule has 3 aromatic rings. The van der Waals surface area contributed by atoms with E-state index in [0.717, 1.165) is 0 Å². The lowest BCUT2D eigenvalue weighted by Gasteiger charge is -2.32. The smallest absolute Gasteiger partial charge is 0.422 e. The van der Waals surface area contributed by atoms with E-state index in [4.69, 9.17) is 9.84 Å². The zero-order valence-electron chi connectivity index (χ0n) is 22.8. The summed E-state index contributed by atoms with van der Waals surface area (Å²) in [5, 5.41) is 22.5. The van der Waals surface area contributed by atoms with Crippen molar-refractivity contribution in [2.45, 2.75) is 51.1 Å². The highest BCUT2D eigenvalue weighted by Crippen LogP contribution is 2.33. The number of nitrogens with zero attached hydrogens (tertiary/aromatic N) is 3. The fraction of sp³-hybridized carbons (Fsp3) is 0.464.